The van der Waals surface area contributed by atoms with Crippen molar-refractivity contribution in [3.63, 3.8) is 0 Å². The van der Waals surface area contributed by atoms with Crippen LogP contribution in [0.1, 0.15) is 12.5 Å². The molecule has 1 N–H and O–H groups in total. The molecular weight excluding hydrogens is 332 g/mol. The van der Waals surface area contributed by atoms with E-state index in [4.69, 9.17) is 4.74 Å². The van der Waals surface area contributed by atoms with Crippen LogP contribution in [0.25, 0.3) is 0 Å². The predicted molar refractivity (Wildman–Crippen MR) is 89.6 cm³/mol. The van der Waals surface area contributed by atoms with Gasteiger partial charge in [0.25, 0.3) is 5.69 Å². The monoisotopic (exact) mass is 350 g/mol. The number of benzene rings is 2. The summed E-state index contributed by atoms with van der Waals surface area (Å²) in [6.45, 7) is 3.19. The maximum atomic E-state index is 12.4. The van der Waals surface area contributed by atoms with Gasteiger partial charge in [-0.15, -0.1) is 0 Å². The van der Waals surface area contributed by atoms with Gasteiger partial charge in [-0.1, -0.05) is 24.3 Å². The summed E-state index contributed by atoms with van der Waals surface area (Å²) in [6, 6.07) is 13.0. The molecular formula is C16H18N2O5S. The highest BCUT2D eigenvalue weighted by Gasteiger charge is 2.23. The highest BCUT2D eigenvalue weighted by Crippen LogP contribution is 2.24. The number of hydrogen-bond acceptors (Lipinski definition) is 5. The van der Waals surface area contributed by atoms with Crippen molar-refractivity contribution in [1.29, 1.82) is 0 Å². The van der Waals surface area contributed by atoms with E-state index in [1.54, 1.807) is 19.1 Å². The summed E-state index contributed by atoms with van der Waals surface area (Å²) in [5, 5.41) is 10.9. The first-order valence-corrected chi connectivity index (χ1v) is 8.75. The molecule has 128 valence electrons. The first-order chi connectivity index (χ1) is 11.3. The minimum atomic E-state index is -3.87. The SMILES string of the molecule is Cc1c([N+](=O)[O-])cccc1S(=O)(=O)NCC(C)Oc1ccccc1. The molecule has 0 aliphatic carbocycles. The van der Waals surface area contributed by atoms with Gasteiger partial charge in [0.2, 0.25) is 10.0 Å². The first-order valence-electron chi connectivity index (χ1n) is 7.26. The zero-order valence-electron chi connectivity index (χ0n) is 13.3. The van der Waals surface area contributed by atoms with Crippen LogP contribution >= 0.6 is 0 Å². The number of nitrogens with zero attached hydrogens (tertiary/aromatic N) is 1. The number of hydrogen-bond donors (Lipinski definition) is 1. The summed E-state index contributed by atoms with van der Waals surface area (Å²) in [7, 11) is -3.87. The largest absolute Gasteiger partial charge is 0.489 e. The van der Waals surface area contributed by atoms with E-state index in [2.05, 4.69) is 4.72 Å². The summed E-state index contributed by atoms with van der Waals surface area (Å²) in [5.74, 6) is 0.635. The number of para-hydroxylation sites is 1. The van der Waals surface area contributed by atoms with E-state index in [-0.39, 0.29) is 22.7 Å². The molecule has 0 saturated carbocycles. The van der Waals surface area contributed by atoms with Crippen LogP contribution in [0.3, 0.4) is 0 Å². The second-order valence-corrected chi connectivity index (χ2v) is 6.99. The normalized spacial score (nSPS) is 12.6. The number of nitro groups is 1. The van der Waals surface area contributed by atoms with Crippen molar-refractivity contribution in [1.82, 2.24) is 4.72 Å². The third kappa shape index (κ3) is 4.30. The minimum absolute atomic E-state index is 0.0410. The molecule has 0 amide bonds. The molecule has 0 bridgehead atoms. The molecule has 7 nitrogen and oxygen atoms in total. The Kier molecular flexibility index (Phi) is 5.53. The van der Waals surface area contributed by atoms with Crippen LogP contribution in [0.4, 0.5) is 5.69 Å². The maximum Gasteiger partial charge on any atom is 0.273 e. The summed E-state index contributed by atoms with van der Waals surface area (Å²) in [5.41, 5.74) is -0.127. The lowest BCUT2D eigenvalue weighted by atomic mass is 10.2. The number of ether oxygens (including phenoxy) is 1. The van der Waals surface area contributed by atoms with Crippen LogP contribution in [0.2, 0.25) is 0 Å². The van der Waals surface area contributed by atoms with Gasteiger partial charge in [0.05, 0.1) is 9.82 Å². The van der Waals surface area contributed by atoms with Gasteiger partial charge in [0, 0.05) is 18.2 Å². The number of rotatable bonds is 7. The summed E-state index contributed by atoms with van der Waals surface area (Å²) in [4.78, 5) is 10.2. The molecule has 0 saturated heterocycles. The Labute approximate surface area is 140 Å². The highest BCUT2D eigenvalue weighted by molar-refractivity contribution is 7.89. The van der Waals surface area contributed by atoms with E-state index in [0.29, 0.717) is 5.75 Å². The Morgan fingerprint density at radius 3 is 2.46 bits per heavy atom. The summed E-state index contributed by atoms with van der Waals surface area (Å²) >= 11 is 0. The van der Waals surface area contributed by atoms with Crippen LogP contribution in [0, 0.1) is 17.0 Å². The van der Waals surface area contributed by atoms with Gasteiger partial charge in [-0.05, 0) is 32.0 Å². The van der Waals surface area contributed by atoms with Crippen LogP contribution in [-0.4, -0.2) is 26.0 Å². The van der Waals surface area contributed by atoms with Gasteiger partial charge < -0.3 is 4.74 Å². The lowest BCUT2D eigenvalue weighted by Gasteiger charge is -2.16. The molecule has 2 aromatic rings. The van der Waals surface area contributed by atoms with Gasteiger partial charge in [-0.3, -0.25) is 10.1 Å². The van der Waals surface area contributed by atoms with E-state index in [0.717, 1.165) is 0 Å². The van der Waals surface area contributed by atoms with Crippen molar-refractivity contribution in [2.75, 3.05) is 6.54 Å². The van der Waals surface area contributed by atoms with E-state index in [1.165, 1.54) is 25.1 Å². The van der Waals surface area contributed by atoms with Crippen molar-refractivity contribution < 1.29 is 18.1 Å². The lowest BCUT2D eigenvalue weighted by molar-refractivity contribution is -0.385. The summed E-state index contributed by atoms with van der Waals surface area (Å²) < 4.78 is 32.8. The summed E-state index contributed by atoms with van der Waals surface area (Å²) in [6.07, 6.45) is -0.402. The van der Waals surface area contributed by atoms with E-state index < -0.39 is 21.1 Å². The molecule has 0 aliphatic rings. The lowest BCUT2D eigenvalue weighted by Crippen LogP contribution is -2.34. The fraction of sp³-hybridized carbons (Fsp3) is 0.250. The van der Waals surface area contributed by atoms with Gasteiger partial charge in [-0.2, -0.15) is 0 Å². The zero-order chi connectivity index (χ0) is 17.7. The van der Waals surface area contributed by atoms with E-state index in [9.17, 15) is 18.5 Å². The molecule has 0 spiro atoms. The molecule has 2 aromatic carbocycles. The van der Waals surface area contributed by atoms with Gasteiger partial charge in [0.15, 0.2) is 0 Å². The molecule has 0 fully saturated rings. The average molecular weight is 350 g/mol. The molecule has 0 aliphatic heterocycles. The predicted octanol–water partition coefficient (Wildman–Crippen LogP) is 2.65. The Hall–Kier alpha value is -2.45. The molecule has 0 heterocycles. The van der Waals surface area contributed by atoms with Crippen molar-refractivity contribution in [3.8, 4) is 5.75 Å². The van der Waals surface area contributed by atoms with Crippen LogP contribution in [0.5, 0.6) is 5.75 Å². The van der Waals surface area contributed by atoms with Crippen LogP contribution < -0.4 is 9.46 Å². The third-order valence-corrected chi connectivity index (χ3v) is 4.95. The molecule has 8 heteroatoms. The Morgan fingerprint density at radius 1 is 1.17 bits per heavy atom. The zero-order valence-corrected chi connectivity index (χ0v) is 14.1. The van der Waals surface area contributed by atoms with Crippen molar-refractivity contribution in [2.45, 2.75) is 24.8 Å². The van der Waals surface area contributed by atoms with Crippen LogP contribution in [0.15, 0.2) is 53.4 Å². The molecule has 0 aromatic heterocycles. The molecule has 0 radical (unpaired) electrons. The van der Waals surface area contributed by atoms with Crippen molar-refractivity contribution in [2.24, 2.45) is 0 Å². The standard InChI is InChI=1S/C16H18N2O5S/c1-12(23-14-7-4-3-5-8-14)11-17-24(21,22)16-10-6-9-15(13(16)2)18(19)20/h3-10,12,17H,11H2,1-2H3. The maximum absolute atomic E-state index is 12.4. The van der Waals surface area contributed by atoms with Gasteiger partial charge in [-0.25, -0.2) is 13.1 Å². The second-order valence-electron chi connectivity index (χ2n) is 5.25. The van der Waals surface area contributed by atoms with Crippen molar-refractivity contribution >= 4 is 15.7 Å². The molecule has 2 rings (SSSR count). The first kappa shape index (κ1) is 17.9. The third-order valence-electron chi connectivity index (χ3n) is 3.38. The molecule has 1 unspecified atom stereocenters. The van der Waals surface area contributed by atoms with E-state index in [1.807, 2.05) is 18.2 Å². The van der Waals surface area contributed by atoms with Crippen LogP contribution in [-0.2, 0) is 10.0 Å². The second kappa shape index (κ2) is 7.41. The Balaban J connectivity index is 2.09. The average Bonchev–Trinajstić information content (AvgIpc) is 2.54. The van der Waals surface area contributed by atoms with Gasteiger partial charge in [0.1, 0.15) is 11.9 Å². The molecule has 1 atom stereocenters. The Morgan fingerprint density at radius 2 is 1.83 bits per heavy atom. The smallest absolute Gasteiger partial charge is 0.273 e. The van der Waals surface area contributed by atoms with Crippen molar-refractivity contribution in [3.05, 3.63) is 64.2 Å². The molecule has 24 heavy (non-hydrogen) atoms. The fourth-order valence-corrected chi connectivity index (χ4v) is 3.54. The fourth-order valence-electron chi connectivity index (χ4n) is 2.17. The quantitative estimate of drug-likeness (QED) is 0.611. The highest BCUT2D eigenvalue weighted by atomic mass is 32.2. The topological polar surface area (TPSA) is 98.5 Å². The number of nitro benzene ring substituents is 1. The number of sulfonamides is 1. The van der Waals surface area contributed by atoms with E-state index >= 15 is 0 Å². The Bertz CT molecular complexity index is 822. The van der Waals surface area contributed by atoms with Gasteiger partial charge >= 0.3 is 0 Å². The minimum Gasteiger partial charge on any atom is -0.489 e. The number of nitrogens with one attached hydrogen (secondary N) is 1.